The van der Waals surface area contributed by atoms with Crippen molar-refractivity contribution in [3.63, 3.8) is 0 Å². The van der Waals surface area contributed by atoms with E-state index >= 15 is 0 Å². The van der Waals surface area contributed by atoms with Gasteiger partial charge in [0.15, 0.2) is 0 Å². The molecular weight excluding hydrogens is 373 g/mol. The van der Waals surface area contributed by atoms with Crippen LogP contribution >= 0.6 is 12.4 Å². The topological polar surface area (TPSA) is 36.4 Å². The van der Waals surface area contributed by atoms with E-state index in [1.54, 1.807) is 6.07 Å². The molecule has 0 atom stereocenters. The SMILES string of the molecule is Cc1cc2c(cc1C)NC1(CCCCCC1)C(=NCc1ccccc1F)N2.Cl. The molecular formula is C23H29ClFN3. The standard InChI is InChI=1S/C23H28FN3.ClH/c1-16-13-20-21(14-17(16)2)27-23(11-7-3-4-8-12-23)22(26-20)25-15-18-9-5-6-10-19(18)24;/h5-6,9-10,13-14,27H,3-4,7-8,11-12,15H2,1-2H3,(H,25,26);1H. The molecule has 0 bridgehead atoms. The van der Waals surface area contributed by atoms with Crippen LogP contribution in [-0.2, 0) is 6.54 Å². The fourth-order valence-electron chi connectivity index (χ4n) is 4.26. The van der Waals surface area contributed by atoms with Gasteiger partial charge in [-0.2, -0.15) is 0 Å². The summed E-state index contributed by atoms with van der Waals surface area (Å²) in [5, 5.41) is 7.44. The van der Waals surface area contributed by atoms with Crippen LogP contribution in [0.4, 0.5) is 15.8 Å². The van der Waals surface area contributed by atoms with Gasteiger partial charge in [0.1, 0.15) is 11.7 Å². The number of hydrogen-bond donors (Lipinski definition) is 2. The number of nitrogens with one attached hydrogen (secondary N) is 2. The van der Waals surface area contributed by atoms with Crippen molar-refractivity contribution in [1.29, 1.82) is 0 Å². The van der Waals surface area contributed by atoms with E-state index in [9.17, 15) is 4.39 Å². The summed E-state index contributed by atoms with van der Waals surface area (Å²) >= 11 is 0. The van der Waals surface area contributed by atoms with E-state index in [-0.39, 0.29) is 23.8 Å². The number of aryl methyl sites for hydroxylation is 2. The van der Waals surface area contributed by atoms with Gasteiger partial charge in [0.25, 0.3) is 0 Å². The van der Waals surface area contributed by atoms with Crippen LogP contribution in [-0.4, -0.2) is 11.4 Å². The zero-order chi connectivity index (χ0) is 18.9. The molecule has 4 rings (SSSR count). The lowest BCUT2D eigenvalue weighted by atomic mass is 9.85. The quantitative estimate of drug-likeness (QED) is 0.611. The number of amidine groups is 1. The number of rotatable bonds is 2. The summed E-state index contributed by atoms with van der Waals surface area (Å²) in [7, 11) is 0. The Morgan fingerprint density at radius 1 is 0.964 bits per heavy atom. The Bertz CT molecular complexity index is 870. The molecule has 2 aliphatic rings. The molecule has 2 aromatic rings. The first-order valence-corrected chi connectivity index (χ1v) is 10.0. The fourth-order valence-corrected chi connectivity index (χ4v) is 4.26. The summed E-state index contributed by atoms with van der Waals surface area (Å²) in [5.41, 5.74) is 5.25. The van der Waals surface area contributed by atoms with Gasteiger partial charge in [-0.25, -0.2) is 4.39 Å². The summed E-state index contributed by atoms with van der Waals surface area (Å²) in [4.78, 5) is 4.89. The molecule has 0 radical (unpaired) electrons. The predicted octanol–water partition coefficient (Wildman–Crippen LogP) is 6.39. The third kappa shape index (κ3) is 4.02. The van der Waals surface area contributed by atoms with Gasteiger partial charge >= 0.3 is 0 Å². The molecule has 1 saturated carbocycles. The van der Waals surface area contributed by atoms with Crippen LogP contribution in [0.5, 0.6) is 0 Å². The Kier molecular flexibility index (Phi) is 6.29. The van der Waals surface area contributed by atoms with Gasteiger partial charge in [-0.05, 0) is 56.0 Å². The third-order valence-corrected chi connectivity index (χ3v) is 6.04. The van der Waals surface area contributed by atoms with Crippen LogP contribution in [0.15, 0.2) is 41.4 Å². The number of anilines is 2. The molecule has 0 amide bonds. The molecule has 28 heavy (non-hydrogen) atoms. The van der Waals surface area contributed by atoms with Crippen LogP contribution in [0.2, 0.25) is 0 Å². The van der Waals surface area contributed by atoms with Crippen molar-refractivity contribution in [2.75, 3.05) is 10.6 Å². The molecule has 3 nitrogen and oxygen atoms in total. The number of aliphatic imine (C=N–C) groups is 1. The van der Waals surface area contributed by atoms with Crippen molar-refractivity contribution in [2.45, 2.75) is 64.5 Å². The molecule has 150 valence electrons. The molecule has 1 aliphatic carbocycles. The Balaban J connectivity index is 0.00000225. The first-order chi connectivity index (χ1) is 13.1. The zero-order valence-corrected chi connectivity index (χ0v) is 17.5. The van der Waals surface area contributed by atoms with Gasteiger partial charge < -0.3 is 10.6 Å². The van der Waals surface area contributed by atoms with E-state index < -0.39 is 0 Å². The lowest BCUT2D eigenvalue weighted by Gasteiger charge is -2.41. The average Bonchev–Trinajstić information content (AvgIpc) is 2.89. The van der Waals surface area contributed by atoms with E-state index in [4.69, 9.17) is 4.99 Å². The lowest BCUT2D eigenvalue weighted by molar-refractivity contribution is 0.523. The van der Waals surface area contributed by atoms with E-state index in [1.807, 2.05) is 12.1 Å². The van der Waals surface area contributed by atoms with Crippen LogP contribution in [0.25, 0.3) is 0 Å². The normalized spacial score (nSPS) is 19.2. The highest BCUT2D eigenvalue weighted by atomic mass is 35.5. The van der Waals surface area contributed by atoms with Crippen LogP contribution in [0.3, 0.4) is 0 Å². The molecule has 2 aromatic carbocycles. The van der Waals surface area contributed by atoms with Crippen molar-refractivity contribution >= 4 is 29.6 Å². The Labute approximate surface area is 173 Å². The number of hydrogen-bond acceptors (Lipinski definition) is 2. The van der Waals surface area contributed by atoms with Crippen molar-refractivity contribution < 1.29 is 4.39 Å². The highest BCUT2D eigenvalue weighted by Crippen LogP contribution is 2.40. The van der Waals surface area contributed by atoms with Crippen molar-refractivity contribution in [3.8, 4) is 0 Å². The molecule has 1 fully saturated rings. The summed E-state index contributed by atoms with van der Waals surface area (Å²) in [6.45, 7) is 4.64. The van der Waals surface area contributed by atoms with E-state index in [0.717, 1.165) is 30.1 Å². The van der Waals surface area contributed by atoms with E-state index in [0.29, 0.717) is 12.1 Å². The fraction of sp³-hybridized carbons (Fsp3) is 0.435. The largest absolute Gasteiger partial charge is 0.371 e. The first-order valence-electron chi connectivity index (χ1n) is 10.0. The molecule has 0 saturated heterocycles. The molecule has 2 N–H and O–H groups in total. The van der Waals surface area contributed by atoms with Crippen LogP contribution in [0.1, 0.15) is 55.2 Å². The molecule has 1 spiro atoms. The first kappa shape index (κ1) is 20.7. The van der Waals surface area contributed by atoms with Crippen molar-refractivity contribution in [1.82, 2.24) is 0 Å². The molecule has 5 heteroatoms. The summed E-state index contributed by atoms with van der Waals surface area (Å²) in [6, 6.07) is 11.3. The zero-order valence-electron chi connectivity index (χ0n) is 16.6. The number of nitrogens with zero attached hydrogens (tertiary/aromatic N) is 1. The maximum Gasteiger partial charge on any atom is 0.128 e. The van der Waals surface area contributed by atoms with Gasteiger partial charge in [0.2, 0.25) is 0 Å². The maximum absolute atomic E-state index is 14.1. The second-order valence-electron chi connectivity index (χ2n) is 7.98. The highest BCUT2D eigenvalue weighted by molar-refractivity contribution is 6.09. The van der Waals surface area contributed by atoms with Gasteiger partial charge in [0.05, 0.1) is 23.5 Å². The number of halogens is 2. The Hall–Kier alpha value is -2.07. The minimum absolute atomic E-state index is 0. The molecule has 1 heterocycles. The van der Waals surface area contributed by atoms with Gasteiger partial charge in [0, 0.05) is 5.56 Å². The highest BCUT2D eigenvalue weighted by Gasteiger charge is 2.40. The summed E-state index contributed by atoms with van der Waals surface area (Å²) in [6.07, 6.45) is 7.03. The number of benzene rings is 2. The van der Waals surface area contributed by atoms with Gasteiger partial charge in [-0.15, -0.1) is 12.4 Å². The van der Waals surface area contributed by atoms with Crippen LogP contribution < -0.4 is 10.6 Å². The molecule has 0 aromatic heterocycles. The Morgan fingerprint density at radius 2 is 1.61 bits per heavy atom. The monoisotopic (exact) mass is 401 g/mol. The van der Waals surface area contributed by atoms with Crippen molar-refractivity contribution in [3.05, 3.63) is 58.9 Å². The van der Waals surface area contributed by atoms with Gasteiger partial charge in [-0.3, -0.25) is 4.99 Å². The lowest BCUT2D eigenvalue weighted by Crippen LogP contribution is -2.52. The van der Waals surface area contributed by atoms with E-state index in [2.05, 4.69) is 36.6 Å². The smallest absolute Gasteiger partial charge is 0.128 e. The van der Waals surface area contributed by atoms with Gasteiger partial charge in [-0.1, -0.05) is 43.9 Å². The summed E-state index contributed by atoms with van der Waals surface area (Å²) in [5.74, 6) is 0.774. The second kappa shape index (κ2) is 8.52. The maximum atomic E-state index is 14.1. The van der Waals surface area contributed by atoms with E-state index in [1.165, 1.54) is 42.9 Å². The third-order valence-electron chi connectivity index (χ3n) is 6.04. The Morgan fingerprint density at radius 3 is 2.29 bits per heavy atom. The molecule has 1 aliphatic heterocycles. The predicted molar refractivity (Wildman–Crippen MR) is 118 cm³/mol. The molecule has 0 unspecified atom stereocenters. The second-order valence-corrected chi connectivity index (χ2v) is 7.98. The number of fused-ring (bicyclic) bond motifs is 1. The minimum atomic E-state index is -0.188. The average molecular weight is 402 g/mol. The summed E-state index contributed by atoms with van der Waals surface area (Å²) < 4.78 is 14.1. The minimum Gasteiger partial charge on any atom is -0.371 e. The van der Waals surface area contributed by atoms with Crippen LogP contribution in [0, 0.1) is 19.7 Å². The van der Waals surface area contributed by atoms with Crippen molar-refractivity contribution in [2.24, 2.45) is 4.99 Å².